The molecule has 0 fully saturated rings. The molecule has 0 aliphatic carbocycles. The molecule has 0 bridgehead atoms. The Bertz CT molecular complexity index is 1810. The summed E-state index contributed by atoms with van der Waals surface area (Å²) in [5, 5.41) is 22.9. The molecule has 0 unspecified atom stereocenters. The van der Waals surface area contributed by atoms with Crippen molar-refractivity contribution in [3.63, 3.8) is 0 Å². The van der Waals surface area contributed by atoms with Crippen molar-refractivity contribution in [1.82, 2.24) is 14.6 Å². The van der Waals surface area contributed by atoms with Gasteiger partial charge in [0, 0.05) is 23.7 Å². The van der Waals surface area contributed by atoms with E-state index in [0.717, 1.165) is 0 Å². The molecule has 2 aromatic carbocycles. The lowest BCUT2D eigenvalue weighted by Gasteiger charge is -2.12. The second kappa shape index (κ2) is 11.5. The summed E-state index contributed by atoms with van der Waals surface area (Å²) in [5.41, 5.74) is 3.48. The highest BCUT2D eigenvalue weighted by Gasteiger charge is 2.18. The minimum atomic E-state index is -0.362. The van der Waals surface area contributed by atoms with E-state index in [2.05, 4.69) is 32.1 Å². The number of para-hydroxylation sites is 2. The number of methoxy groups -OCH3 is 1. The normalized spacial score (nSPS) is 10.5. The Morgan fingerprint density at radius 2 is 1.80 bits per heavy atom. The lowest BCUT2D eigenvalue weighted by atomic mass is 10.1. The predicted octanol–water partition coefficient (Wildman–Crippen LogP) is 5.66. The van der Waals surface area contributed by atoms with Crippen molar-refractivity contribution >= 4 is 40.2 Å². The molecule has 0 aliphatic heterocycles. The van der Waals surface area contributed by atoms with Crippen LogP contribution < -0.4 is 25.4 Å². The Morgan fingerprint density at radius 1 is 1.00 bits per heavy atom. The third-order valence-corrected chi connectivity index (χ3v) is 6.16. The molecule has 11 nitrogen and oxygen atoms in total. The number of amides is 2. The molecule has 0 aliphatic rings. The molecule has 0 saturated heterocycles. The quantitative estimate of drug-likeness (QED) is 0.226. The van der Waals surface area contributed by atoms with Gasteiger partial charge in [-0.2, -0.15) is 10.4 Å². The van der Waals surface area contributed by atoms with Gasteiger partial charge >= 0.3 is 0 Å². The predicted molar refractivity (Wildman–Crippen MR) is 154 cm³/mol. The summed E-state index contributed by atoms with van der Waals surface area (Å²) in [5.74, 6) is 1.54. The van der Waals surface area contributed by atoms with E-state index >= 15 is 0 Å². The van der Waals surface area contributed by atoms with Crippen LogP contribution in [0.1, 0.15) is 28.4 Å². The number of pyridine rings is 1. The average molecular weight is 548 g/mol. The summed E-state index contributed by atoms with van der Waals surface area (Å²) in [7, 11) is 1.57. The van der Waals surface area contributed by atoms with Gasteiger partial charge in [-0.05, 0) is 49.4 Å². The van der Waals surface area contributed by atoms with E-state index in [-0.39, 0.29) is 11.8 Å². The fourth-order valence-electron chi connectivity index (χ4n) is 4.23. The highest BCUT2D eigenvalue weighted by molar-refractivity contribution is 6.06. The Balaban J connectivity index is 1.41. The molecule has 0 radical (unpaired) electrons. The summed E-state index contributed by atoms with van der Waals surface area (Å²) >= 11 is 0. The first-order chi connectivity index (χ1) is 19.9. The largest absolute Gasteiger partial charge is 0.493 e. The zero-order valence-electron chi connectivity index (χ0n) is 22.4. The molecule has 0 saturated carbocycles. The van der Waals surface area contributed by atoms with E-state index in [1.807, 2.05) is 19.1 Å². The van der Waals surface area contributed by atoms with Gasteiger partial charge in [0.15, 0.2) is 11.5 Å². The van der Waals surface area contributed by atoms with Crippen molar-refractivity contribution in [3.8, 4) is 23.3 Å². The maximum absolute atomic E-state index is 13.0. The van der Waals surface area contributed by atoms with Gasteiger partial charge in [-0.3, -0.25) is 9.59 Å². The second-order valence-corrected chi connectivity index (χ2v) is 8.98. The maximum Gasteiger partial charge on any atom is 0.255 e. The number of nitriles is 1. The third-order valence-electron chi connectivity index (χ3n) is 6.16. The number of aryl methyl sites for hydroxylation is 1. The SMILES string of the molecule is COc1ccccc1Oc1ccc(Nc2c(C#N)cnn3cc(NC(=O)c4cccc(NC(C)=O)c4)c(C)c23)nc1. The minimum absolute atomic E-state index is 0.232. The topological polar surface area (TPSA) is 143 Å². The summed E-state index contributed by atoms with van der Waals surface area (Å²) in [6.07, 6.45) is 4.67. The van der Waals surface area contributed by atoms with E-state index < -0.39 is 0 Å². The fourth-order valence-corrected chi connectivity index (χ4v) is 4.23. The van der Waals surface area contributed by atoms with Crippen molar-refractivity contribution < 1.29 is 19.1 Å². The average Bonchev–Trinajstić information content (AvgIpc) is 3.29. The van der Waals surface area contributed by atoms with E-state index in [4.69, 9.17) is 9.47 Å². The number of hydrogen-bond donors (Lipinski definition) is 3. The molecular formula is C30H25N7O4. The zero-order chi connectivity index (χ0) is 28.9. The number of benzene rings is 2. The molecule has 0 atom stereocenters. The van der Waals surface area contributed by atoms with Crippen LogP contribution in [0.3, 0.4) is 0 Å². The number of carbonyl (C=O) groups excluding carboxylic acids is 2. The van der Waals surface area contributed by atoms with Crippen LogP contribution in [0.5, 0.6) is 17.2 Å². The van der Waals surface area contributed by atoms with Gasteiger partial charge in [-0.15, -0.1) is 0 Å². The summed E-state index contributed by atoms with van der Waals surface area (Å²) in [6.45, 7) is 3.22. The smallest absolute Gasteiger partial charge is 0.255 e. The van der Waals surface area contributed by atoms with Crippen molar-refractivity contribution in [2.45, 2.75) is 13.8 Å². The summed E-state index contributed by atoms with van der Waals surface area (Å²) in [6, 6.07) is 19.6. The number of nitrogens with one attached hydrogen (secondary N) is 3. The number of rotatable bonds is 8. The second-order valence-electron chi connectivity index (χ2n) is 8.98. The van der Waals surface area contributed by atoms with Crippen LogP contribution in [0.25, 0.3) is 5.52 Å². The van der Waals surface area contributed by atoms with Crippen LogP contribution in [0.2, 0.25) is 0 Å². The molecule has 5 aromatic rings. The van der Waals surface area contributed by atoms with Crippen LogP contribution >= 0.6 is 0 Å². The van der Waals surface area contributed by atoms with Gasteiger partial charge in [-0.1, -0.05) is 18.2 Å². The lowest BCUT2D eigenvalue weighted by Crippen LogP contribution is -2.13. The van der Waals surface area contributed by atoms with Crippen molar-refractivity contribution in [2.75, 3.05) is 23.1 Å². The number of hydrogen-bond acceptors (Lipinski definition) is 8. The third kappa shape index (κ3) is 5.76. The summed E-state index contributed by atoms with van der Waals surface area (Å²) < 4.78 is 12.8. The molecule has 41 heavy (non-hydrogen) atoms. The Morgan fingerprint density at radius 3 is 2.51 bits per heavy atom. The van der Waals surface area contributed by atoms with E-state index in [1.165, 1.54) is 13.1 Å². The van der Waals surface area contributed by atoms with Crippen LogP contribution in [0.4, 0.5) is 22.9 Å². The van der Waals surface area contributed by atoms with Crippen molar-refractivity contribution in [1.29, 1.82) is 5.26 Å². The fraction of sp³-hybridized carbons (Fsp3) is 0.100. The number of carbonyl (C=O) groups is 2. The number of ether oxygens (including phenoxy) is 2. The van der Waals surface area contributed by atoms with Gasteiger partial charge < -0.3 is 25.4 Å². The van der Waals surface area contributed by atoms with Crippen molar-refractivity contribution in [2.24, 2.45) is 0 Å². The van der Waals surface area contributed by atoms with Crippen LogP contribution in [-0.4, -0.2) is 33.5 Å². The lowest BCUT2D eigenvalue weighted by molar-refractivity contribution is -0.114. The molecule has 3 N–H and O–H groups in total. The number of nitrogens with zero attached hydrogens (tertiary/aromatic N) is 4. The van der Waals surface area contributed by atoms with Crippen LogP contribution in [0.15, 0.2) is 79.3 Å². The molecule has 5 rings (SSSR count). The minimum Gasteiger partial charge on any atom is -0.493 e. The van der Waals surface area contributed by atoms with Gasteiger partial charge in [0.1, 0.15) is 17.6 Å². The number of aromatic nitrogens is 3. The first-order valence-corrected chi connectivity index (χ1v) is 12.5. The summed E-state index contributed by atoms with van der Waals surface area (Å²) in [4.78, 5) is 28.9. The Labute approximate surface area is 235 Å². The molecule has 3 heterocycles. The highest BCUT2D eigenvalue weighted by atomic mass is 16.5. The highest BCUT2D eigenvalue weighted by Crippen LogP contribution is 2.34. The number of fused-ring (bicyclic) bond motifs is 1. The molecule has 0 spiro atoms. The van der Waals surface area contributed by atoms with E-state index in [1.54, 1.807) is 72.5 Å². The van der Waals surface area contributed by atoms with Gasteiger partial charge in [0.2, 0.25) is 5.91 Å². The Kier molecular flexibility index (Phi) is 7.47. The van der Waals surface area contributed by atoms with Crippen LogP contribution in [0, 0.1) is 18.3 Å². The molecule has 3 aromatic heterocycles. The molecular weight excluding hydrogens is 522 g/mol. The first-order valence-electron chi connectivity index (χ1n) is 12.5. The molecule has 204 valence electrons. The number of anilines is 4. The van der Waals surface area contributed by atoms with E-state index in [0.29, 0.717) is 62.3 Å². The molecule has 11 heteroatoms. The first kappa shape index (κ1) is 26.7. The zero-order valence-corrected chi connectivity index (χ0v) is 22.4. The Hall–Kier alpha value is -5.89. The van der Waals surface area contributed by atoms with Crippen molar-refractivity contribution in [3.05, 3.63) is 95.9 Å². The molecule has 2 amide bonds. The van der Waals surface area contributed by atoms with E-state index in [9.17, 15) is 14.9 Å². The van der Waals surface area contributed by atoms with Gasteiger partial charge in [0.25, 0.3) is 5.91 Å². The maximum atomic E-state index is 13.0. The van der Waals surface area contributed by atoms with Gasteiger partial charge in [-0.25, -0.2) is 9.50 Å². The monoisotopic (exact) mass is 547 g/mol. The van der Waals surface area contributed by atoms with Gasteiger partial charge in [0.05, 0.1) is 48.2 Å². The standard InChI is InChI=1S/C30H25N7O4/c1-18-24(35-30(39)20-7-6-8-22(13-20)34-19(2)38)17-37-29(18)28(21(14-31)15-33-37)36-27-12-11-23(16-32-27)41-26-10-5-4-9-25(26)40-3/h4-13,15-17H,1-3H3,(H,32,36)(H,34,38)(H,35,39). The van der Waals surface area contributed by atoms with Crippen LogP contribution in [-0.2, 0) is 4.79 Å².